The van der Waals surface area contributed by atoms with Gasteiger partial charge in [0.25, 0.3) is 0 Å². The highest BCUT2D eigenvalue weighted by molar-refractivity contribution is 5.73. The van der Waals surface area contributed by atoms with Crippen LogP contribution in [0.5, 0.6) is 0 Å². The summed E-state index contributed by atoms with van der Waals surface area (Å²) in [5, 5.41) is 2.94. The quantitative estimate of drug-likeness (QED) is 0.918. The first-order chi connectivity index (χ1) is 10.2. The minimum atomic E-state index is 0.00769. The lowest BCUT2D eigenvalue weighted by Gasteiger charge is -2.17. The number of rotatable bonds is 3. The molecular formula is C15H17N5O. The van der Waals surface area contributed by atoms with Crippen molar-refractivity contribution in [1.29, 1.82) is 0 Å². The molecule has 1 atom stereocenters. The van der Waals surface area contributed by atoms with Crippen LogP contribution in [-0.2, 0) is 4.79 Å². The second kappa shape index (κ2) is 5.87. The van der Waals surface area contributed by atoms with Gasteiger partial charge in [0.1, 0.15) is 0 Å². The summed E-state index contributed by atoms with van der Waals surface area (Å²) in [6.45, 7) is 3.15. The summed E-state index contributed by atoms with van der Waals surface area (Å²) in [5.41, 5.74) is 1.90. The molecular weight excluding hydrogens is 266 g/mol. The minimum Gasteiger partial charge on any atom is -0.352 e. The number of pyridine rings is 1. The van der Waals surface area contributed by atoms with Gasteiger partial charge in [-0.25, -0.2) is 9.97 Å². The van der Waals surface area contributed by atoms with Crippen molar-refractivity contribution in [3.8, 4) is 11.3 Å². The van der Waals surface area contributed by atoms with Crippen LogP contribution in [0.1, 0.15) is 13.3 Å². The van der Waals surface area contributed by atoms with Crippen LogP contribution >= 0.6 is 0 Å². The highest BCUT2D eigenvalue weighted by atomic mass is 16.1. The third-order valence-electron chi connectivity index (χ3n) is 3.50. The molecule has 1 aliphatic rings. The maximum absolute atomic E-state index is 11.1. The normalized spacial score (nSPS) is 17.8. The smallest absolute Gasteiger partial charge is 0.225 e. The van der Waals surface area contributed by atoms with Crippen molar-refractivity contribution in [2.75, 3.05) is 18.0 Å². The van der Waals surface area contributed by atoms with Crippen LogP contribution in [0.25, 0.3) is 11.3 Å². The predicted octanol–water partition coefficient (Wildman–Crippen LogP) is 1.25. The van der Waals surface area contributed by atoms with Gasteiger partial charge in [0.2, 0.25) is 11.9 Å². The fourth-order valence-corrected chi connectivity index (χ4v) is 2.53. The van der Waals surface area contributed by atoms with Gasteiger partial charge in [0.05, 0.1) is 5.69 Å². The molecule has 0 spiro atoms. The number of carbonyl (C=O) groups is 1. The molecule has 0 bridgehead atoms. The van der Waals surface area contributed by atoms with Gasteiger partial charge in [-0.05, 0) is 24.6 Å². The molecule has 3 heterocycles. The minimum absolute atomic E-state index is 0.00769. The molecule has 2 aromatic rings. The van der Waals surface area contributed by atoms with E-state index in [4.69, 9.17) is 0 Å². The van der Waals surface area contributed by atoms with Crippen molar-refractivity contribution >= 4 is 11.9 Å². The predicted molar refractivity (Wildman–Crippen MR) is 79.7 cm³/mol. The number of nitrogens with zero attached hydrogens (tertiary/aromatic N) is 4. The fraction of sp³-hybridized carbons (Fsp3) is 0.333. The Morgan fingerprint density at radius 2 is 2.10 bits per heavy atom. The molecule has 108 valence electrons. The molecule has 0 aromatic carbocycles. The van der Waals surface area contributed by atoms with Crippen molar-refractivity contribution in [2.24, 2.45) is 0 Å². The lowest BCUT2D eigenvalue weighted by molar-refractivity contribution is -0.119. The Labute approximate surface area is 123 Å². The molecule has 6 heteroatoms. The SMILES string of the molecule is CC(=O)N[C@H]1CCN(c2nccc(-c3ccncc3)n2)C1. The zero-order valence-electron chi connectivity index (χ0n) is 11.9. The van der Waals surface area contributed by atoms with E-state index >= 15 is 0 Å². The van der Waals surface area contributed by atoms with Gasteiger partial charge in [0, 0.05) is 50.2 Å². The van der Waals surface area contributed by atoms with Crippen molar-refractivity contribution in [2.45, 2.75) is 19.4 Å². The number of carbonyl (C=O) groups excluding carboxylic acids is 1. The average Bonchev–Trinajstić information content (AvgIpc) is 2.96. The summed E-state index contributed by atoms with van der Waals surface area (Å²) in [6, 6.07) is 5.92. The summed E-state index contributed by atoms with van der Waals surface area (Å²) in [4.78, 5) is 26.2. The lowest BCUT2D eigenvalue weighted by Crippen LogP contribution is -2.35. The summed E-state index contributed by atoms with van der Waals surface area (Å²) >= 11 is 0. The molecule has 3 rings (SSSR count). The molecule has 0 unspecified atom stereocenters. The second-order valence-electron chi connectivity index (χ2n) is 5.11. The Bertz CT molecular complexity index is 631. The monoisotopic (exact) mass is 283 g/mol. The Hall–Kier alpha value is -2.50. The molecule has 1 saturated heterocycles. The van der Waals surface area contributed by atoms with E-state index in [0.717, 1.165) is 30.8 Å². The molecule has 0 saturated carbocycles. The summed E-state index contributed by atoms with van der Waals surface area (Å²) in [6.07, 6.45) is 6.19. The third-order valence-corrected chi connectivity index (χ3v) is 3.50. The number of hydrogen-bond donors (Lipinski definition) is 1. The third kappa shape index (κ3) is 3.16. The topological polar surface area (TPSA) is 71.0 Å². The Morgan fingerprint density at radius 3 is 2.86 bits per heavy atom. The maximum Gasteiger partial charge on any atom is 0.225 e. The standard InChI is InChI=1S/C15H17N5O/c1-11(21)18-13-5-9-20(10-13)15-17-8-4-14(19-15)12-2-6-16-7-3-12/h2-4,6-8,13H,5,9-10H2,1H3,(H,18,21)/t13-/m0/s1. The Balaban J connectivity index is 1.77. The molecule has 0 radical (unpaired) electrons. The van der Waals surface area contributed by atoms with E-state index in [1.807, 2.05) is 18.2 Å². The largest absolute Gasteiger partial charge is 0.352 e. The van der Waals surface area contributed by atoms with E-state index in [9.17, 15) is 4.79 Å². The van der Waals surface area contributed by atoms with Gasteiger partial charge in [-0.2, -0.15) is 0 Å². The van der Waals surface area contributed by atoms with Gasteiger partial charge in [-0.15, -0.1) is 0 Å². The fourth-order valence-electron chi connectivity index (χ4n) is 2.53. The first-order valence-electron chi connectivity index (χ1n) is 6.98. The highest BCUT2D eigenvalue weighted by Crippen LogP contribution is 2.20. The van der Waals surface area contributed by atoms with Crippen LogP contribution in [0.3, 0.4) is 0 Å². The molecule has 1 aliphatic heterocycles. The number of nitrogens with one attached hydrogen (secondary N) is 1. The maximum atomic E-state index is 11.1. The number of amides is 1. The van der Waals surface area contributed by atoms with Crippen LogP contribution in [0.15, 0.2) is 36.8 Å². The van der Waals surface area contributed by atoms with Crippen molar-refractivity contribution in [1.82, 2.24) is 20.3 Å². The molecule has 21 heavy (non-hydrogen) atoms. The van der Waals surface area contributed by atoms with E-state index < -0.39 is 0 Å². The van der Waals surface area contributed by atoms with Gasteiger partial charge in [-0.3, -0.25) is 9.78 Å². The zero-order valence-corrected chi connectivity index (χ0v) is 11.9. The lowest BCUT2D eigenvalue weighted by atomic mass is 10.2. The van der Waals surface area contributed by atoms with E-state index in [1.165, 1.54) is 0 Å². The van der Waals surface area contributed by atoms with Crippen LogP contribution in [-0.4, -0.2) is 40.0 Å². The summed E-state index contributed by atoms with van der Waals surface area (Å²) in [5.74, 6) is 0.713. The van der Waals surface area contributed by atoms with Crippen LogP contribution < -0.4 is 10.2 Å². The molecule has 0 aliphatic carbocycles. The first-order valence-corrected chi connectivity index (χ1v) is 6.98. The zero-order chi connectivity index (χ0) is 14.7. The van der Waals surface area contributed by atoms with E-state index in [0.29, 0.717) is 5.95 Å². The number of aromatic nitrogens is 3. The summed E-state index contributed by atoms with van der Waals surface area (Å²) in [7, 11) is 0. The van der Waals surface area contributed by atoms with E-state index in [-0.39, 0.29) is 11.9 Å². The van der Waals surface area contributed by atoms with Crippen LogP contribution in [0, 0.1) is 0 Å². The van der Waals surface area contributed by atoms with Crippen molar-refractivity contribution < 1.29 is 4.79 Å². The molecule has 1 amide bonds. The summed E-state index contributed by atoms with van der Waals surface area (Å²) < 4.78 is 0. The molecule has 2 aromatic heterocycles. The average molecular weight is 283 g/mol. The Kier molecular flexibility index (Phi) is 3.77. The van der Waals surface area contributed by atoms with Gasteiger partial charge < -0.3 is 10.2 Å². The molecule has 1 fully saturated rings. The number of hydrogen-bond acceptors (Lipinski definition) is 5. The van der Waals surface area contributed by atoms with E-state index in [1.54, 1.807) is 25.5 Å². The van der Waals surface area contributed by atoms with Crippen molar-refractivity contribution in [3.63, 3.8) is 0 Å². The van der Waals surface area contributed by atoms with Gasteiger partial charge in [-0.1, -0.05) is 0 Å². The van der Waals surface area contributed by atoms with Crippen LogP contribution in [0.4, 0.5) is 5.95 Å². The van der Waals surface area contributed by atoms with Crippen molar-refractivity contribution in [3.05, 3.63) is 36.8 Å². The van der Waals surface area contributed by atoms with E-state index in [2.05, 4.69) is 25.2 Å². The first kappa shape index (κ1) is 13.5. The second-order valence-corrected chi connectivity index (χ2v) is 5.11. The highest BCUT2D eigenvalue weighted by Gasteiger charge is 2.24. The van der Waals surface area contributed by atoms with Gasteiger partial charge in [0.15, 0.2) is 0 Å². The molecule has 6 nitrogen and oxygen atoms in total. The van der Waals surface area contributed by atoms with Crippen LogP contribution in [0.2, 0.25) is 0 Å². The van der Waals surface area contributed by atoms with Gasteiger partial charge >= 0.3 is 0 Å². The number of anilines is 1. The molecule has 1 N–H and O–H groups in total. The Morgan fingerprint density at radius 1 is 1.29 bits per heavy atom.